The van der Waals surface area contributed by atoms with E-state index in [2.05, 4.69) is 5.32 Å². The number of benzene rings is 3. The minimum absolute atomic E-state index is 0.00543. The molecule has 0 saturated heterocycles. The number of nitrogens with two attached hydrogens (primary N) is 1. The number of aliphatic hydroxyl groups excluding tert-OH is 1. The molecule has 9 nitrogen and oxygen atoms in total. The maximum atomic E-state index is 12.1. The number of primary sulfonamides is 1. The largest absolute Gasteiger partial charge is 0.508 e. The van der Waals surface area contributed by atoms with Crippen LogP contribution in [-0.2, 0) is 37.3 Å². The topological polar surface area (TPSA) is 148 Å². The molecule has 0 fully saturated rings. The molecule has 0 heterocycles. The molecule has 5 N–H and O–H groups in total. The molecule has 0 radical (unpaired) electrons. The Kier molecular flexibility index (Phi) is 15.1. The fraction of sp³-hybridized carbons (Fsp3) is 0.382. The number of sulfonamides is 1. The van der Waals surface area contributed by atoms with Crippen LogP contribution in [-0.4, -0.2) is 50.9 Å². The fourth-order valence-corrected chi connectivity index (χ4v) is 5.12. The number of rotatable bonds is 20. The summed E-state index contributed by atoms with van der Waals surface area (Å²) in [5.74, 6) is -0.512. The number of phenols is 1. The van der Waals surface area contributed by atoms with E-state index in [1.54, 1.807) is 30.3 Å². The van der Waals surface area contributed by atoms with E-state index in [0.29, 0.717) is 24.3 Å². The van der Waals surface area contributed by atoms with Gasteiger partial charge in [0.25, 0.3) is 0 Å². The number of carbonyl (C=O) groups is 1. The van der Waals surface area contributed by atoms with Crippen molar-refractivity contribution in [3.8, 4) is 5.75 Å². The van der Waals surface area contributed by atoms with Gasteiger partial charge in [0.15, 0.2) is 0 Å². The highest BCUT2D eigenvalue weighted by Crippen LogP contribution is 2.23. The van der Waals surface area contributed by atoms with E-state index in [1.165, 1.54) is 18.2 Å². The van der Waals surface area contributed by atoms with Crippen molar-refractivity contribution in [1.29, 1.82) is 0 Å². The van der Waals surface area contributed by atoms with Crippen molar-refractivity contribution in [1.82, 2.24) is 5.32 Å². The lowest BCUT2D eigenvalue weighted by Crippen LogP contribution is -2.22. The van der Waals surface area contributed by atoms with Gasteiger partial charge < -0.3 is 25.0 Å². The Bertz CT molecular complexity index is 1430. The summed E-state index contributed by atoms with van der Waals surface area (Å²) in [7, 11) is -3.67. The van der Waals surface area contributed by atoms with E-state index in [0.717, 1.165) is 69.2 Å². The van der Waals surface area contributed by atoms with Gasteiger partial charge in [-0.3, -0.25) is 0 Å². The monoisotopic (exact) mass is 624 g/mol. The zero-order chi connectivity index (χ0) is 31.6. The summed E-state index contributed by atoms with van der Waals surface area (Å²) in [6.07, 6.45) is 8.94. The second-order valence-corrected chi connectivity index (χ2v) is 12.2. The molecule has 10 heteroatoms. The van der Waals surface area contributed by atoms with E-state index in [4.69, 9.17) is 14.6 Å². The number of aliphatic hydroxyl groups is 1. The zero-order valence-corrected chi connectivity index (χ0v) is 25.9. The van der Waals surface area contributed by atoms with Crippen LogP contribution >= 0.6 is 0 Å². The van der Waals surface area contributed by atoms with Gasteiger partial charge in [-0.2, -0.15) is 0 Å². The quantitative estimate of drug-likeness (QED) is 0.0778. The molecule has 0 aromatic heterocycles. The molecule has 44 heavy (non-hydrogen) atoms. The summed E-state index contributed by atoms with van der Waals surface area (Å²) in [6, 6.07) is 21.0. The molecule has 0 bridgehead atoms. The average Bonchev–Trinajstić information content (AvgIpc) is 3.02. The number of phenolic OH excluding ortho intramolecular Hbond substituents is 1. The van der Waals surface area contributed by atoms with Gasteiger partial charge in [0.1, 0.15) is 12.4 Å². The van der Waals surface area contributed by atoms with E-state index in [-0.39, 0.29) is 17.3 Å². The predicted octanol–water partition coefficient (Wildman–Crippen LogP) is 5.02. The average molecular weight is 625 g/mol. The minimum atomic E-state index is -3.67. The normalized spacial score (nSPS) is 12.4. The SMILES string of the molecule is NS(=O)(=O)c1cccc(CCCCOCCCCCCNC[C@H](O)c2ccc(O)c(COC(=O)C=Cc3ccccc3)c2)c1. The van der Waals surface area contributed by atoms with Crippen LogP contribution in [0.2, 0.25) is 0 Å². The molecule has 0 aliphatic rings. The highest BCUT2D eigenvalue weighted by Gasteiger charge is 2.12. The van der Waals surface area contributed by atoms with Gasteiger partial charge in [0.2, 0.25) is 10.0 Å². The second-order valence-electron chi connectivity index (χ2n) is 10.6. The van der Waals surface area contributed by atoms with Gasteiger partial charge in [0, 0.05) is 31.4 Å². The number of aryl methyl sites for hydroxylation is 1. The first-order valence-electron chi connectivity index (χ1n) is 15.0. The van der Waals surface area contributed by atoms with Gasteiger partial charge in [-0.25, -0.2) is 18.4 Å². The number of carbonyl (C=O) groups excluding carboxylic acids is 1. The molecule has 3 aromatic rings. The van der Waals surface area contributed by atoms with Gasteiger partial charge in [-0.1, -0.05) is 61.4 Å². The molecule has 0 aliphatic carbocycles. The molecule has 1 atom stereocenters. The lowest BCUT2D eigenvalue weighted by molar-refractivity contribution is -0.138. The van der Waals surface area contributed by atoms with Crippen LogP contribution in [0.15, 0.2) is 83.8 Å². The zero-order valence-electron chi connectivity index (χ0n) is 25.1. The Morgan fingerprint density at radius 3 is 2.43 bits per heavy atom. The smallest absolute Gasteiger partial charge is 0.331 e. The molecule has 0 aliphatic heterocycles. The summed E-state index contributed by atoms with van der Waals surface area (Å²) in [4.78, 5) is 12.2. The number of nitrogens with one attached hydrogen (secondary N) is 1. The minimum Gasteiger partial charge on any atom is -0.508 e. The summed E-state index contributed by atoms with van der Waals surface area (Å²) >= 11 is 0. The van der Waals surface area contributed by atoms with Crippen molar-refractivity contribution < 1.29 is 32.9 Å². The molecule has 0 amide bonds. The van der Waals surface area contributed by atoms with Crippen molar-refractivity contribution in [2.24, 2.45) is 5.14 Å². The van der Waals surface area contributed by atoms with Crippen molar-refractivity contribution in [3.05, 3.63) is 101 Å². The van der Waals surface area contributed by atoms with Crippen LogP contribution in [0.25, 0.3) is 6.08 Å². The van der Waals surface area contributed by atoms with Crippen molar-refractivity contribution in [2.45, 2.75) is 62.6 Å². The Balaban J connectivity index is 1.20. The molecular weight excluding hydrogens is 580 g/mol. The second kappa shape index (κ2) is 19.0. The third-order valence-corrected chi connectivity index (χ3v) is 7.94. The number of hydrogen-bond acceptors (Lipinski definition) is 8. The summed E-state index contributed by atoms with van der Waals surface area (Å²) in [5, 5.41) is 29.2. The maximum absolute atomic E-state index is 12.1. The maximum Gasteiger partial charge on any atom is 0.331 e. The van der Waals surface area contributed by atoms with Gasteiger partial charge in [0.05, 0.1) is 11.0 Å². The first-order valence-corrected chi connectivity index (χ1v) is 16.6. The Labute approximate surface area is 260 Å². The molecule has 0 saturated carbocycles. The summed E-state index contributed by atoms with van der Waals surface area (Å²) in [5.41, 5.74) is 2.90. The third kappa shape index (κ3) is 13.4. The summed E-state index contributed by atoms with van der Waals surface area (Å²) in [6.45, 7) is 2.45. The molecule has 0 unspecified atom stereocenters. The lowest BCUT2D eigenvalue weighted by atomic mass is 10.1. The number of aromatic hydroxyl groups is 1. The number of ether oxygens (including phenoxy) is 2. The van der Waals surface area contributed by atoms with E-state index < -0.39 is 22.1 Å². The first kappa shape index (κ1) is 34.9. The fourth-order valence-electron chi connectivity index (χ4n) is 4.53. The van der Waals surface area contributed by atoms with Crippen LogP contribution in [0.1, 0.15) is 66.9 Å². The highest BCUT2D eigenvalue weighted by molar-refractivity contribution is 7.89. The molecule has 3 rings (SSSR count). The molecule has 0 spiro atoms. The lowest BCUT2D eigenvalue weighted by Gasteiger charge is -2.14. The van der Waals surface area contributed by atoms with Gasteiger partial charge in [-0.15, -0.1) is 0 Å². The van der Waals surface area contributed by atoms with Crippen LogP contribution in [0.5, 0.6) is 5.75 Å². The Hall–Kier alpha value is -3.54. The standard InChI is InChI=1S/C34H44N2O7S/c35-44(40,41)31-15-10-14-28(23-31)13-6-9-22-42-21-8-2-1-7-20-36-25-33(38)29-17-18-32(37)30(24-29)26-43-34(39)19-16-27-11-4-3-5-12-27/h3-5,10-12,14-19,23-24,33,36-38H,1-2,6-9,13,20-22,25-26H2,(H2,35,40,41)/t33-/m0/s1. The van der Waals surface area contributed by atoms with Gasteiger partial charge >= 0.3 is 5.97 Å². The van der Waals surface area contributed by atoms with E-state index in [1.807, 2.05) is 36.4 Å². The van der Waals surface area contributed by atoms with Crippen molar-refractivity contribution in [3.63, 3.8) is 0 Å². The molecular formula is C34H44N2O7S. The van der Waals surface area contributed by atoms with E-state index in [9.17, 15) is 23.4 Å². The van der Waals surface area contributed by atoms with Crippen LogP contribution in [0.4, 0.5) is 0 Å². The third-order valence-electron chi connectivity index (χ3n) is 7.03. The van der Waals surface area contributed by atoms with Gasteiger partial charge in [-0.05, 0) is 85.7 Å². The number of unbranched alkanes of at least 4 members (excludes halogenated alkanes) is 4. The highest BCUT2D eigenvalue weighted by atomic mass is 32.2. The predicted molar refractivity (Wildman–Crippen MR) is 171 cm³/mol. The van der Waals surface area contributed by atoms with Crippen molar-refractivity contribution >= 4 is 22.1 Å². The first-order chi connectivity index (χ1) is 21.2. The van der Waals surface area contributed by atoms with Crippen LogP contribution < -0.4 is 10.5 Å². The van der Waals surface area contributed by atoms with E-state index >= 15 is 0 Å². The van der Waals surface area contributed by atoms with Crippen molar-refractivity contribution in [2.75, 3.05) is 26.3 Å². The van der Waals surface area contributed by atoms with Crippen LogP contribution in [0, 0.1) is 0 Å². The number of esters is 1. The number of hydrogen-bond donors (Lipinski definition) is 4. The molecule has 238 valence electrons. The summed E-state index contributed by atoms with van der Waals surface area (Å²) < 4.78 is 33.9. The Morgan fingerprint density at radius 1 is 0.909 bits per heavy atom. The molecule has 3 aromatic carbocycles. The Morgan fingerprint density at radius 2 is 1.66 bits per heavy atom. The van der Waals surface area contributed by atoms with Crippen LogP contribution in [0.3, 0.4) is 0 Å².